The Kier molecular flexibility index (Phi) is 7.25. The smallest absolute Gasteiger partial charge is 0.363 e. The van der Waals surface area contributed by atoms with Gasteiger partial charge in [-0.2, -0.15) is 0 Å². The van der Waals surface area contributed by atoms with Crippen molar-refractivity contribution in [3.05, 3.63) is 34.0 Å². The molecule has 1 rings (SSSR count). The van der Waals surface area contributed by atoms with Gasteiger partial charge in [-0.3, -0.25) is 4.79 Å². The molecule has 0 aromatic carbocycles. The fraction of sp³-hybridized carbons (Fsp3) is 0.455. The molecule has 1 aromatic rings. The van der Waals surface area contributed by atoms with E-state index in [2.05, 4.69) is 4.98 Å². The molecule has 0 saturated carbocycles. The summed E-state index contributed by atoms with van der Waals surface area (Å²) < 4.78 is 4.72. The highest BCUT2D eigenvalue weighted by atomic mass is 16.6. The van der Waals surface area contributed by atoms with Crippen LogP contribution in [0.15, 0.2) is 18.3 Å². The van der Waals surface area contributed by atoms with Gasteiger partial charge in [-0.1, -0.05) is 13.8 Å². The molecule has 0 N–H and O–H groups in total. The molecule has 0 spiro atoms. The average Bonchev–Trinajstić information content (AvgIpc) is 2.32. The van der Waals surface area contributed by atoms with Crippen LogP contribution in [0.4, 0.5) is 5.82 Å². The Morgan fingerprint density at radius 3 is 2.53 bits per heavy atom. The minimum absolute atomic E-state index is 0.0822. The summed E-state index contributed by atoms with van der Waals surface area (Å²) in [5, 5.41) is 10.3. The summed E-state index contributed by atoms with van der Waals surface area (Å²) in [4.78, 5) is 24.3. The lowest BCUT2D eigenvalue weighted by Gasteiger charge is -1.99. The molecule has 0 aliphatic carbocycles. The molecule has 0 bridgehead atoms. The Bertz CT molecular complexity index is 362. The molecule has 0 saturated heterocycles. The van der Waals surface area contributed by atoms with E-state index >= 15 is 0 Å². The number of pyridine rings is 1. The lowest BCUT2D eigenvalue weighted by atomic mass is 10.2. The van der Waals surface area contributed by atoms with Crippen molar-refractivity contribution in [1.82, 2.24) is 4.98 Å². The summed E-state index contributed by atoms with van der Waals surface area (Å²) in [7, 11) is 0. The maximum absolute atomic E-state index is 11.0. The van der Waals surface area contributed by atoms with Gasteiger partial charge in [0.25, 0.3) is 0 Å². The summed E-state index contributed by atoms with van der Waals surface area (Å²) in [5.41, 5.74) is 0.596. The van der Waals surface area contributed by atoms with Crippen molar-refractivity contribution in [2.24, 2.45) is 0 Å². The quantitative estimate of drug-likeness (QED) is 0.457. The van der Waals surface area contributed by atoms with Crippen LogP contribution < -0.4 is 0 Å². The number of aromatic nitrogens is 1. The minimum atomic E-state index is -0.589. The molecule has 0 aliphatic rings. The molecular formula is C11H16N2O4. The predicted molar refractivity (Wildman–Crippen MR) is 62.6 cm³/mol. The number of nitro groups is 1. The second kappa shape index (κ2) is 8.20. The lowest BCUT2D eigenvalue weighted by Crippen LogP contribution is -2.07. The number of carbonyl (C=O) groups is 1. The first-order valence-electron chi connectivity index (χ1n) is 5.38. The number of carbonyl (C=O) groups excluding carboxylic acids is 1. The van der Waals surface area contributed by atoms with Gasteiger partial charge < -0.3 is 14.9 Å². The topological polar surface area (TPSA) is 82.3 Å². The van der Waals surface area contributed by atoms with Gasteiger partial charge in [-0.25, -0.2) is 0 Å². The van der Waals surface area contributed by atoms with Crippen molar-refractivity contribution in [2.45, 2.75) is 27.2 Å². The van der Waals surface area contributed by atoms with Gasteiger partial charge >= 0.3 is 11.8 Å². The van der Waals surface area contributed by atoms with Crippen molar-refractivity contribution in [3.63, 3.8) is 0 Å². The summed E-state index contributed by atoms with van der Waals surface area (Å²) in [6.45, 7) is 6.03. The first-order valence-corrected chi connectivity index (χ1v) is 5.38. The third-order valence-electron chi connectivity index (χ3n) is 1.65. The normalized spacial score (nSPS) is 8.88. The van der Waals surface area contributed by atoms with E-state index in [-0.39, 0.29) is 18.2 Å². The monoisotopic (exact) mass is 240 g/mol. The van der Waals surface area contributed by atoms with Crippen LogP contribution in [0, 0.1) is 10.1 Å². The molecule has 0 amide bonds. The fourth-order valence-corrected chi connectivity index (χ4v) is 1.01. The van der Waals surface area contributed by atoms with Gasteiger partial charge in [0.1, 0.15) is 6.20 Å². The van der Waals surface area contributed by atoms with Gasteiger partial charge in [0.2, 0.25) is 0 Å². The number of ether oxygens (including phenoxy) is 1. The Hall–Kier alpha value is -1.98. The Labute approximate surface area is 99.8 Å². The van der Waals surface area contributed by atoms with E-state index in [0.717, 1.165) is 0 Å². The van der Waals surface area contributed by atoms with Crippen LogP contribution in [-0.4, -0.2) is 22.5 Å². The molecule has 94 valence electrons. The second-order valence-electron chi connectivity index (χ2n) is 2.76. The molecule has 1 aromatic heterocycles. The van der Waals surface area contributed by atoms with Crippen LogP contribution in [-0.2, 0) is 16.0 Å². The van der Waals surface area contributed by atoms with E-state index in [1.807, 2.05) is 13.8 Å². The molecule has 0 radical (unpaired) electrons. The van der Waals surface area contributed by atoms with Gasteiger partial charge in [0, 0.05) is 11.6 Å². The highest BCUT2D eigenvalue weighted by Crippen LogP contribution is 2.08. The first-order chi connectivity index (χ1) is 8.13. The van der Waals surface area contributed by atoms with Crippen LogP contribution in [0.25, 0.3) is 0 Å². The maximum Gasteiger partial charge on any atom is 0.363 e. The Balaban J connectivity index is 0.00000121. The van der Waals surface area contributed by atoms with E-state index in [4.69, 9.17) is 4.74 Å². The molecule has 0 fully saturated rings. The summed E-state index contributed by atoms with van der Waals surface area (Å²) >= 11 is 0. The molecular weight excluding hydrogens is 224 g/mol. The molecule has 0 atom stereocenters. The zero-order valence-electron chi connectivity index (χ0n) is 10.2. The zero-order valence-corrected chi connectivity index (χ0v) is 10.2. The van der Waals surface area contributed by atoms with E-state index in [1.165, 1.54) is 18.3 Å². The van der Waals surface area contributed by atoms with Crippen LogP contribution in [0.3, 0.4) is 0 Å². The number of esters is 1. The van der Waals surface area contributed by atoms with Crippen LogP contribution >= 0.6 is 0 Å². The van der Waals surface area contributed by atoms with Crippen LogP contribution in [0.1, 0.15) is 26.3 Å². The Morgan fingerprint density at radius 2 is 2.12 bits per heavy atom. The molecule has 1 heterocycles. The van der Waals surface area contributed by atoms with Crippen molar-refractivity contribution in [1.29, 1.82) is 0 Å². The first kappa shape index (κ1) is 15.0. The van der Waals surface area contributed by atoms with Crippen molar-refractivity contribution < 1.29 is 14.5 Å². The van der Waals surface area contributed by atoms with Crippen LogP contribution in [0.5, 0.6) is 0 Å². The summed E-state index contributed by atoms with van der Waals surface area (Å²) in [5.74, 6) is -0.601. The average molecular weight is 240 g/mol. The summed E-state index contributed by atoms with van der Waals surface area (Å²) in [6, 6.07) is 2.75. The largest absolute Gasteiger partial charge is 0.466 e. The summed E-state index contributed by atoms with van der Waals surface area (Å²) in [6.07, 6.45) is 1.38. The highest BCUT2D eigenvalue weighted by molar-refractivity contribution is 5.72. The van der Waals surface area contributed by atoms with E-state index in [1.54, 1.807) is 6.92 Å². The lowest BCUT2D eigenvalue weighted by molar-refractivity contribution is -0.389. The minimum Gasteiger partial charge on any atom is -0.466 e. The molecule has 0 aliphatic heterocycles. The van der Waals surface area contributed by atoms with Crippen molar-refractivity contribution >= 4 is 11.8 Å². The number of rotatable bonds is 4. The van der Waals surface area contributed by atoms with Crippen LogP contribution in [0.2, 0.25) is 0 Å². The number of nitrogens with zero attached hydrogens (tertiary/aromatic N) is 2. The fourth-order valence-electron chi connectivity index (χ4n) is 1.01. The number of hydrogen-bond acceptors (Lipinski definition) is 5. The van der Waals surface area contributed by atoms with E-state index < -0.39 is 4.92 Å². The van der Waals surface area contributed by atoms with Crippen molar-refractivity contribution in [3.8, 4) is 0 Å². The SMILES string of the molecule is CC.CCOC(=O)Cc1ccc([N+](=O)[O-])nc1. The highest BCUT2D eigenvalue weighted by Gasteiger charge is 2.09. The molecule has 6 nitrogen and oxygen atoms in total. The van der Waals surface area contributed by atoms with E-state index in [9.17, 15) is 14.9 Å². The van der Waals surface area contributed by atoms with Gasteiger partial charge in [0.05, 0.1) is 13.0 Å². The molecule has 17 heavy (non-hydrogen) atoms. The zero-order chi connectivity index (χ0) is 13.3. The molecule has 6 heteroatoms. The molecule has 0 unspecified atom stereocenters. The van der Waals surface area contributed by atoms with E-state index in [0.29, 0.717) is 12.2 Å². The Morgan fingerprint density at radius 1 is 1.47 bits per heavy atom. The third-order valence-corrected chi connectivity index (χ3v) is 1.65. The van der Waals surface area contributed by atoms with Gasteiger partial charge in [-0.15, -0.1) is 0 Å². The second-order valence-corrected chi connectivity index (χ2v) is 2.76. The van der Waals surface area contributed by atoms with Crippen molar-refractivity contribution in [2.75, 3.05) is 6.61 Å². The standard InChI is InChI=1S/C9H10N2O4.C2H6/c1-2-15-9(12)5-7-3-4-8(10-6-7)11(13)14;1-2/h3-4,6H,2,5H2,1H3;1-2H3. The third kappa shape index (κ3) is 5.60. The van der Waals surface area contributed by atoms with Gasteiger partial charge in [0.15, 0.2) is 0 Å². The van der Waals surface area contributed by atoms with Gasteiger partial charge in [-0.05, 0) is 22.9 Å². The maximum atomic E-state index is 11.0. The number of hydrogen-bond donors (Lipinski definition) is 0. The predicted octanol–water partition coefficient (Wildman–Crippen LogP) is 2.12.